The van der Waals surface area contributed by atoms with Crippen molar-refractivity contribution in [1.82, 2.24) is 10.1 Å². The number of hydrogen-bond acceptors (Lipinski definition) is 4. The van der Waals surface area contributed by atoms with Gasteiger partial charge >= 0.3 is 0 Å². The van der Waals surface area contributed by atoms with Gasteiger partial charge in [-0.05, 0) is 24.6 Å². The molecule has 0 bridgehead atoms. The maximum Gasteiger partial charge on any atom is 0.255 e. The first kappa shape index (κ1) is 12.4. The highest BCUT2D eigenvalue weighted by Crippen LogP contribution is 2.23. The Hall–Kier alpha value is -1.10. The van der Waals surface area contributed by atoms with Crippen LogP contribution in [-0.2, 0) is 6.42 Å². The van der Waals surface area contributed by atoms with Crippen molar-refractivity contribution in [2.45, 2.75) is 19.4 Å². The molecule has 1 unspecified atom stereocenters. The van der Waals surface area contributed by atoms with E-state index in [0.29, 0.717) is 22.3 Å². The molecule has 0 aliphatic carbocycles. The van der Waals surface area contributed by atoms with Gasteiger partial charge in [-0.1, -0.05) is 34.4 Å². The second kappa shape index (κ2) is 5.04. The Labute approximate surface area is 108 Å². The Balaban J connectivity index is 2.16. The molecular weight excluding hydrogens is 263 g/mol. The van der Waals surface area contributed by atoms with Crippen molar-refractivity contribution < 1.29 is 9.63 Å². The Morgan fingerprint density at radius 1 is 1.35 bits per heavy atom. The molecule has 1 atom stereocenters. The number of rotatable bonds is 3. The van der Waals surface area contributed by atoms with E-state index in [-0.39, 0.29) is 5.89 Å². The zero-order chi connectivity index (χ0) is 12.4. The average Bonchev–Trinajstić information content (AvgIpc) is 2.72. The molecule has 90 valence electrons. The average molecular weight is 273 g/mol. The van der Waals surface area contributed by atoms with Crippen LogP contribution in [0.5, 0.6) is 0 Å². The second-order valence-corrected chi connectivity index (χ2v) is 4.46. The van der Waals surface area contributed by atoms with Gasteiger partial charge in [0, 0.05) is 6.42 Å². The first-order valence-electron chi connectivity index (χ1n) is 5.00. The van der Waals surface area contributed by atoms with Crippen molar-refractivity contribution in [2.24, 2.45) is 0 Å². The Kier molecular flexibility index (Phi) is 3.66. The highest BCUT2D eigenvalue weighted by atomic mass is 35.5. The van der Waals surface area contributed by atoms with E-state index in [1.807, 2.05) is 6.07 Å². The first-order valence-corrected chi connectivity index (χ1v) is 5.76. The molecule has 1 heterocycles. The van der Waals surface area contributed by atoms with Crippen molar-refractivity contribution in [2.75, 3.05) is 0 Å². The lowest BCUT2D eigenvalue weighted by atomic mass is 10.1. The summed E-state index contributed by atoms with van der Waals surface area (Å²) in [6, 6.07) is 5.31. The van der Waals surface area contributed by atoms with Crippen LogP contribution >= 0.6 is 23.2 Å². The van der Waals surface area contributed by atoms with Crippen LogP contribution in [0.1, 0.15) is 30.3 Å². The lowest BCUT2D eigenvalue weighted by molar-refractivity contribution is 0.151. The van der Waals surface area contributed by atoms with Crippen molar-refractivity contribution in [1.29, 1.82) is 0 Å². The molecule has 1 aromatic carbocycles. The molecule has 0 saturated heterocycles. The van der Waals surface area contributed by atoms with Gasteiger partial charge in [0.05, 0.1) is 10.0 Å². The Morgan fingerprint density at radius 3 is 2.71 bits per heavy atom. The summed E-state index contributed by atoms with van der Waals surface area (Å²) in [7, 11) is 0. The number of hydrogen-bond donors (Lipinski definition) is 1. The minimum absolute atomic E-state index is 0.208. The highest BCUT2D eigenvalue weighted by molar-refractivity contribution is 6.42. The lowest BCUT2D eigenvalue weighted by Crippen LogP contribution is -1.94. The molecule has 0 aliphatic rings. The molecule has 0 amide bonds. The van der Waals surface area contributed by atoms with Crippen LogP contribution in [0.25, 0.3) is 0 Å². The van der Waals surface area contributed by atoms with Gasteiger partial charge in [-0.25, -0.2) is 0 Å². The molecule has 1 aromatic heterocycles. The molecule has 0 radical (unpaired) electrons. The molecule has 2 rings (SSSR count). The Morgan fingerprint density at radius 2 is 2.12 bits per heavy atom. The number of halogens is 2. The second-order valence-electron chi connectivity index (χ2n) is 3.65. The molecule has 1 N–H and O–H groups in total. The van der Waals surface area contributed by atoms with E-state index < -0.39 is 6.10 Å². The summed E-state index contributed by atoms with van der Waals surface area (Å²) in [6.45, 7) is 1.57. The third-order valence-corrected chi connectivity index (χ3v) is 2.93. The van der Waals surface area contributed by atoms with E-state index in [0.717, 1.165) is 5.56 Å². The van der Waals surface area contributed by atoms with Crippen molar-refractivity contribution in [3.63, 3.8) is 0 Å². The third kappa shape index (κ3) is 2.97. The van der Waals surface area contributed by atoms with Gasteiger partial charge in [-0.2, -0.15) is 4.98 Å². The zero-order valence-electron chi connectivity index (χ0n) is 9.02. The SMILES string of the molecule is CC(O)c1nc(Cc2ccc(Cl)c(Cl)c2)no1. The fraction of sp³-hybridized carbons (Fsp3) is 0.273. The van der Waals surface area contributed by atoms with Gasteiger partial charge in [0.15, 0.2) is 5.82 Å². The van der Waals surface area contributed by atoms with E-state index in [9.17, 15) is 5.11 Å². The molecule has 0 aliphatic heterocycles. The summed E-state index contributed by atoms with van der Waals surface area (Å²) in [4.78, 5) is 4.05. The Bertz CT molecular complexity index is 526. The van der Waals surface area contributed by atoms with E-state index in [4.69, 9.17) is 27.7 Å². The number of aliphatic hydroxyl groups is 1. The summed E-state index contributed by atoms with van der Waals surface area (Å²) in [5, 5.41) is 14.0. The van der Waals surface area contributed by atoms with Crippen molar-refractivity contribution >= 4 is 23.2 Å². The van der Waals surface area contributed by atoms with Gasteiger partial charge in [-0.3, -0.25) is 0 Å². The summed E-state index contributed by atoms with van der Waals surface area (Å²) in [6.07, 6.45) is -0.280. The van der Waals surface area contributed by atoms with Crippen LogP contribution in [0, 0.1) is 0 Å². The third-order valence-electron chi connectivity index (χ3n) is 2.19. The van der Waals surface area contributed by atoms with Crippen molar-refractivity contribution in [3.05, 3.63) is 45.5 Å². The van der Waals surface area contributed by atoms with Crippen LogP contribution in [-0.4, -0.2) is 15.2 Å². The fourth-order valence-corrected chi connectivity index (χ4v) is 1.66. The molecule has 0 saturated carbocycles. The quantitative estimate of drug-likeness (QED) is 0.933. The van der Waals surface area contributed by atoms with Crippen LogP contribution in [0.15, 0.2) is 22.7 Å². The summed E-state index contributed by atoms with van der Waals surface area (Å²) in [5.41, 5.74) is 0.928. The number of benzene rings is 1. The maximum absolute atomic E-state index is 9.25. The summed E-state index contributed by atoms with van der Waals surface area (Å²) in [5.74, 6) is 0.708. The van der Waals surface area contributed by atoms with E-state index in [1.165, 1.54) is 0 Å². The smallest absolute Gasteiger partial charge is 0.255 e. The van der Waals surface area contributed by atoms with Gasteiger partial charge < -0.3 is 9.63 Å². The summed E-state index contributed by atoms with van der Waals surface area (Å²) < 4.78 is 4.88. The van der Waals surface area contributed by atoms with Crippen LogP contribution in [0.3, 0.4) is 0 Å². The molecule has 4 nitrogen and oxygen atoms in total. The lowest BCUT2D eigenvalue weighted by Gasteiger charge is -1.99. The number of aliphatic hydroxyl groups excluding tert-OH is 1. The van der Waals surface area contributed by atoms with Crippen LogP contribution < -0.4 is 0 Å². The molecule has 6 heteroatoms. The van der Waals surface area contributed by atoms with E-state index in [1.54, 1.807) is 19.1 Å². The molecule has 0 spiro atoms. The minimum Gasteiger partial charge on any atom is -0.384 e. The maximum atomic E-state index is 9.25. The zero-order valence-corrected chi connectivity index (χ0v) is 10.5. The predicted octanol–water partition coefficient (Wildman–Crippen LogP) is 3.02. The number of nitrogens with zero attached hydrogens (tertiary/aromatic N) is 2. The molecule has 2 aromatic rings. The van der Waals surface area contributed by atoms with Crippen molar-refractivity contribution in [3.8, 4) is 0 Å². The largest absolute Gasteiger partial charge is 0.384 e. The van der Waals surface area contributed by atoms with E-state index in [2.05, 4.69) is 10.1 Å². The minimum atomic E-state index is -0.759. The van der Waals surface area contributed by atoms with Gasteiger partial charge in [0.1, 0.15) is 6.10 Å². The van der Waals surface area contributed by atoms with Crippen LogP contribution in [0.4, 0.5) is 0 Å². The molecule has 17 heavy (non-hydrogen) atoms. The molecule has 0 fully saturated rings. The van der Waals surface area contributed by atoms with Gasteiger partial charge in [0.2, 0.25) is 0 Å². The fourth-order valence-electron chi connectivity index (χ4n) is 1.34. The predicted molar refractivity (Wildman–Crippen MR) is 64.2 cm³/mol. The molecular formula is C11H10Cl2N2O2. The van der Waals surface area contributed by atoms with Gasteiger partial charge in [-0.15, -0.1) is 0 Å². The highest BCUT2D eigenvalue weighted by Gasteiger charge is 2.11. The first-order chi connectivity index (χ1) is 8.06. The normalized spacial score (nSPS) is 12.7. The number of aromatic nitrogens is 2. The standard InChI is InChI=1S/C11H10Cl2N2O2/c1-6(16)11-14-10(15-17-11)5-7-2-3-8(12)9(13)4-7/h2-4,6,16H,5H2,1H3. The van der Waals surface area contributed by atoms with E-state index >= 15 is 0 Å². The van der Waals surface area contributed by atoms with Crippen LogP contribution in [0.2, 0.25) is 10.0 Å². The summed E-state index contributed by atoms with van der Waals surface area (Å²) >= 11 is 11.7. The topological polar surface area (TPSA) is 59.2 Å². The monoisotopic (exact) mass is 272 g/mol. The van der Waals surface area contributed by atoms with Gasteiger partial charge in [0.25, 0.3) is 5.89 Å².